The molecule has 1 fully saturated rings. The Balaban J connectivity index is 0.00000320. The molecule has 3 rings (SSSR count). The van der Waals surface area contributed by atoms with Crippen molar-refractivity contribution < 1.29 is 0 Å². The van der Waals surface area contributed by atoms with Gasteiger partial charge in [-0.05, 0) is 38.0 Å². The number of aliphatic imine (C=N–C) groups is 1. The van der Waals surface area contributed by atoms with Crippen molar-refractivity contribution in [1.82, 2.24) is 25.0 Å². The number of aryl methyl sites for hydroxylation is 1. The van der Waals surface area contributed by atoms with Gasteiger partial charge in [0, 0.05) is 39.1 Å². The van der Waals surface area contributed by atoms with Crippen LogP contribution in [0.3, 0.4) is 0 Å². The summed E-state index contributed by atoms with van der Waals surface area (Å²) in [6, 6.07) is 11.1. The Morgan fingerprint density at radius 3 is 2.63 bits per heavy atom. The maximum atomic E-state index is 4.85. The van der Waals surface area contributed by atoms with E-state index in [2.05, 4.69) is 75.5 Å². The summed E-state index contributed by atoms with van der Waals surface area (Å²) in [5.74, 6) is 2.08. The average molecular weight is 543 g/mol. The molecule has 1 saturated carbocycles. The lowest BCUT2D eigenvalue weighted by molar-refractivity contribution is 0.460. The predicted octanol–water partition coefficient (Wildman–Crippen LogP) is 4.76. The summed E-state index contributed by atoms with van der Waals surface area (Å²) in [4.78, 5) is 7.03. The second-order valence-electron chi connectivity index (χ2n) is 7.59. The van der Waals surface area contributed by atoms with Gasteiger partial charge in [0.2, 0.25) is 0 Å². The molecule has 1 N–H and O–H groups in total. The summed E-state index contributed by atoms with van der Waals surface area (Å²) in [5.41, 5.74) is 1.29. The molecule has 2 aromatic rings. The number of halogens is 1. The monoisotopic (exact) mass is 542 g/mol. The lowest BCUT2D eigenvalue weighted by atomic mass is 10.2. The molecular weight excluding hydrogens is 507 g/mol. The van der Waals surface area contributed by atoms with Gasteiger partial charge < -0.3 is 14.8 Å². The van der Waals surface area contributed by atoms with Gasteiger partial charge in [0.1, 0.15) is 5.82 Å². The molecule has 8 heteroatoms. The molecule has 6 nitrogen and oxygen atoms in total. The van der Waals surface area contributed by atoms with Crippen molar-refractivity contribution in [3.05, 3.63) is 41.7 Å². The molecule has 30 heavy (non-hydrogen) atoms. The Bertz CT molecular complexity index is 773. The molecule has 0 atom stereocenters. The molecule has 1 aliphatic rings. The Morgan fingerprint density at radius 2 is 1.97 bits per heavy atom. The van der Waals surface area contributed by atoms with Crippen molar-refractivity contribution in [1.29, 1.82) is 0 Å². The van der Waals surface area contributed by atoms with E-state index >= 15 is 0 Å². The minimum Gasteiger partial charge on any atom is -0.357 e. The zero-order chi connectivity index (χ0) is 20.5. The van der Waals surface area contributed by atoms with E-state index in [1.807, 2.05) is 0 Å². The molecule has 0 bridgehead atoms. The van der Waals surface area contributed by atoms with Crippen LogP contribution in [0, 0.1) is 0 Å². The van der Waals surface area contributed by atoms with Crippen molar-refractivity contribution in [3.8, 4) is 0 Å². The number of rotatable bonds is 9. The molecule has 0 radical (unpaired) electrons. The van der Waals surface area contributed by atoms with Gasteiger partial charge in [0.15, 0.2) is 11.1 Å². The van der Waals surface area contributed by atoms with Gasteiger partial charge in [-0.25, -0.2) is 0 Å². The zero-order valence-electron chi connectivity index (χ0n) is 18.4. The highest BCUT2D eigenvalue weighted by Crippen LogP contribution is 2.33. The summed E-state index contributed by atoms with van der Waals surface area (Å²) in [5, 5.41) is 13.4. The summed E-state index contributed by atoms with van der Waals surface area (Å²) < 4.78 is 2.40. The lowest BCUT2D eigenvalue weighted by Gasteiger charge is -2.22. The molecule has 166 valence electrons. The van der Waals surface area contributed by atoms with Crippen LogP contribution in [-0.4, -0.2) is 52.0 Å². The third-order valence-electron chi connectivity index (χ3n) is 5.39. The minimum atomic E-state index is 0. The number of guanidine groups is 1. The topological polar surface area (TPSA) is 58.3 Å². The van der Waals surface area contributed by atoms with E-state index in [0.29, 0.717) is 6.04 Å². The maximum absolute atomic E-state index is 4.85. The molecule has 0 amide bonds. The fraction of sp³-hybridized carbons (Fsp3) is 0.591. The number of aromatic nitrogens is 3. The molecule has 1 aromatic carbocycles. The Kier molecular flexibility index (Phi) is 11.0. The van der Waals surface area contributed by atoms with Gasteiger partial charge in [-0.15, -0.1) is 34.2 Å². The summed E-state index contributed by atoms with van der Waals surface area (Å²) in [6.45, 7) is 4.61. The number of nitrogens with zero attached hydrogens (tertiary/aromatic N) is 5. The van der Waals surface area contributed by atoms with Crippen LogP contribution in [0.15, 0.2) is 40.5 Å². The zero-order valence-corrected chi connectivity index (χ0v) is 21.5. The first-order valence-electron chi connectivity index (χ1n) is 10.7. The van der Waals surface area contributed by atoms with Crippen molar-refractivity contribution >= 4 is 41.7 Å². The van der Waals surface area contributed by atoms with Crippen LogP contribution in [0.1, 0.15) is 56.5 Å². The number of nitrogens with one attached hydrogen (secondary N) is 1. The van der Waals surface area contributed by atoms with E-state index in [1.165, 1.54) is 31.2 Å². The fourth-order valence-corrected chi connectivity index (χ4v) is 4.54. The Hall–Kier alpha value is -1.29. The van der Waals surface area contributed by atoms with Gasteiger partial charge in [-0.2, -0.15) is 0 Å². The number of hydrogen-bond donors (Lipinski definition) is 1. The first kappa shape index (κ1) is 25.0. The molecule has 1 aliphatic carbocycles. The second-order valence-corrected chi connectivity index (χ2v) is 8.37. The van der Waals surface area contributed by atoms with Crippen LogP contribution >= 0.6 is 35.7 Å². The lowest BCUT2D eigenvalue weighted by Crippen LogP contribution is -2.38. The molecular formula is C22H35IN6S. The van der Waals surface area contributed by atoms with Gasteiger partial charge in [0.05, 0.1) is 0 Å². The number of benzene rings is 1. The average Bonchev–Trinajstić information content (AvgIpc) is 3.40. The maximum Gasteiger partial charge on any atom is 0.193 e. The standard InChI is InChI=1S/C22H34N6S.HI/c1-4-23-21(27(2)17-18-11-6-5-7-12-18)24-16-10-15-20-25-26-22(29-3)28(20)19-13-8-9-14-19;/h5-7,11-12,19H,4,8-10,13-17H2,1-3H3,(H,23,24);1H. The molecule has 1 aromatic heterocycles. The fourth-order valence-electron chi connectivity index (χ4n) is 3.97. The highest BCUT2D eigenvalue weighted by Gasteiger charge is 2.23. The number of thioether (sulfide) groups is 1. The van der Waals surface area contributed by atoms with Crippen molar-refractivity contribution in [3.63, 3.8) is 0 Å². The summed E-state index contributed by atoms with van der Waals surface area (Å²) in [6.07, 6.45) is 9.15. The first-order chi connectivity index (χ1) is 14.2. The SMILES string of the molecule is CCNC(=NCCCc1nnc(SC)n1C1CCCC1)N(C)Cc1ccccc1.I. The quantitative estimate of drug-likeness (QED) is 0.163. The molecule has 0 aliphatic heterocycles. The Labute approximate surface area is 202 Å². The van der Waals surface area contributed by atoms with E-state index in [4.69, 9.17) is 4.99 Å². The highest BCUT2D eigenvalue weighted by molar-refractivity contribution is 14.0. The Morgan fingerprint density at radius 1 is 1.23 bits per heavy atom. The normalized spacial score (nSPS) is 14.6. The van der Waals surface area contributed by atoms with Gasteiger partial charge in [-0.1, -0.05) is 54.9 Å². The van der Waals surface area contributed by atoms with E-state index in [9.17, 15) is 0 Å². The largest absolute Gasteiger partial charge is 0.357 e. The van der Waals surface area contributed by atoms with Crippen molar-refractivity contribution in [2.45, 2.75) is 63.2 Å². The third kappa shape index (κ3) is 6.87. The van der Waals surface area contributed by atoms with Crippen LogP contribution < -0.4 is 5.32 Å². The molecule has 0 saturated heterocycles. The van der Waals surface area contributed by atoms with Crippen molar-refractivity contribution in [2.24, 2.45) is 4.99 Å². The van der Waals surface area contributed by atoms with E-state index in [-0.39, 0.29) is 24.0 Å². The van der Waals surface area contributed by atoms with E-state index in [0.717, 1.165) is 49.4 Å². The van der Waals surface area contributed by atoms with E-state index < -0.39 is 0 Å². The third-order valence-corrected chi connectivity index (χ3v) is 6.03. The second kappa shape index (κ2) is 13.2. The van der Waals surface area contributed by atoms with Gasteiger partial charge in [0.25, 0.3) is 0 Å². The molecule has 0 spiro atoms. The molecule has 1 heterocycles. The van der Waals surface area contributed by atoms with Crippen LogP contribution in [-0.2, 0) is 13.0 Å². The van der Waals surface area contributed by atoms with Crippen molar-refractivity contribution in [2.75, 3.05) is 26.4 Å². The summed E-state index contributed by atoms with van der Waals surface area (Å²) >= 11 is 1.70. The highest BCUT2D eigenvalue weighted by atomic mass is 127. The van der Waals surface area contributed by atoms with Gasteiger partial charge >= 0.3 is 0 Å². The van der Waals surface area contributed by atoms with Gasteiger partial charge in [-0.3, -0.25) is 4.99 Å². The van der Waals surface area contributed by atoms with E-state index in [1.54, 1.807) is 11.8 Å². The van der Waals surface area contributed by atoms with Crippen LogP contribution in [0.5, 0.6) is 0 Å². The smallest absolute Gasteiger partial charge is 0.193 e. The minimum absolute atomic E-state index is 0. The number of hydrogen-bond acceptors (Lipinski definition) is 4. The molecule has 0 unspecified atom stereocenters. The summed E-state index contributed by atoms with van der Waals surface area (Å²) in [7, 11) is 2.09. The predicted molar refractivity (Wildman–Crippen MR) is 137 cm³/mol. The van der Waals surface area contributed by atoms with Crippen LogP contribution in [0.25, 0.3) is 0 Å². The van der Waals surface area contributed by atoms with Crippen LogP contribution in [0.2, 0.25) is 0 Å². The van der Waals surface area contributed by atoms with Crippen LogP contribution in [0.4, 0.5) is 0 Å². The first-order valence-corrected chi connectivity index (χ1v) is 12.0.